The number of hydrogen-bond acceptors (Lipinski definition) is 6. The van der Waals surface area contributed by atoms with E-state index in [1.165, 1.54) is 0 Å². The molecule has 1 atom stereocenters. The summed E-state index contributed by atoms with van der Waals surface area (Å²) in [6.07, 6.45) is 7.70. The van der Waals surface area contributed by atoms with Crippen molar-refractivity contribution in [3.05, 3.63) is 60.0 Å². The lowest BCUT2D eigenvalue weighted by atomic mass is 10.0. The van der Waals surface area contributed by atoms with Gasteiger partial charge in [0.2, 0.25) is 5.95 Å². The van der Waals surface area contributed by atoms with Crippen LogP contribution in [0.5, 0.6) is 0 Å². The quantitative estimate of drug-likeness (QED) is 0.645. The molecule has 2 aliphatic rings. The van der Waals surface area contributed by atoms with Gasteiger partial charge in [-0.2, -0.15) is 5.10 Å². The topological polar surface area (TPSA) is 87.4 Å². The molecule has 0 bridgehead atoms. The minimum absolute atomic E-state index is 0.0176. The van der Waals surface area contributed by atoms with E-state index in [2.05, 4.69) is 15.0 Å². The van der Waals surface area contributed by atoms with Crippen molar-refractivity contribution < 1.29 is 9.90 Å². The maximum Gasteiger partial charge on any atom is 0.254 e. The smallest absolute Gasteiger partial charge is 0.254 e. The van der Waals surface area contributed by atoms with Crippen LogP contribution in [0.4, 0.5) is 5.95 Å². The summed E-state index contributed by atoms with van der Waals surface area (Å²) in [5.74, 6) is 0.765. The molecule has 1 amide bonds. The van der Waals surface area contributed by atoms with Gasteiger partial charge < -0.3 is 14.9 Å². The Morgan fingerprint density at radius 2 is 1.88 bits per heavy atom. The standard InChI is InChI=1S/C24H28N6O2/c31-16-15-30-22(21-9-6-14-29(21)23(32)18-7-2-1-3-8-18)19(17-26-30)20-10-11-25-24(27-20)28-12-4-5-13-28/h1-3,7-8,10-11,17,21,31H,4-6,9,12-16H2/t21-/m0/s1. The highest BCUT2D eigenvalue weighted by Crippen LogP contribution is 2.38. The number of rotatable bonds is 6. The number of carbonyl (C=O) groups excluding carboxylic acids is 1. The van der Waals surface area contributed by atoms with Crippen LogP contribution >= 0.6 is 0 Å². The van der Waals surface area contributed by atoms with Gasteiger partial charge >= 0.3 is 0 Å². The first-order valence-electron chi connectivity index (χ1n) is 11.4. The normalized spacial score (nSPS) is 18.5. The minimum atomic E-state index is -0.114. The average molecular weight is 433 g/mol. The van der Waals surface area contributed by atoms with Crippen LogP contribution in [0, 0.1) is 0 Å². The fourth-order valence-corrected chi connectivity index (χ4v) is 4.83. The van der Waals surface area contributed by atoms with Crippen molar-refractivity contribution in [1.29, 1.82) is 0 Å². The van der Waals surface area contributed by atoms with Gasteiger partial charge in [-0.05, 0) is 43.9 Å². The summed E-state index contributed by atoms with van der Waals surface area (Å²) >= 11 is 0. The van der Waals surface area contributed by atoms with E-state index in [0.29, 0.717) is 18.7 Å². The molecular formula is C24H28N6O2. The van der Waals surface area contributed by atoms with E-state index in [1.807, 2.05) is 52.2 Å². The van der Waals surface area contributed by atoms with E-state index >= 15 is 0 Å². The largest absolute Gasteiger partial charge is 0.394 e. The fraction of sp³-hybridized carbons (Fsp3) is 0.417. The second-order valence-corrected chi connectivity index (χ2v) is 8.35. The Morgan fingerprint density at radius 3 is 2.66 bits per heavy atom. The van der Waals surface area contributed by atoms with E-state index < -0.39 is 0 Å². The van der Waals surface area contributed by atoms with Crippen LogP contribution in [0.1, 0.15) is 47.8 Å². The maximum absolute atomic E-state index is 13.3. The van der Waals surface area contributed by atoms with Gasteiger partial charge in [0.05, 0.1) is 36.8 Å². The van der Waals surface area contributed by atoms with E-state index in [1.54, 1.807) is 6.20 Å². The van der Waals surface area contributed by atoms with Gasteiger partial charge in [0, 0.05) is 37.0 Å². The van der Waals surface area contributed by atoms with Crippen molar-refractivity contribution in [2.45, 2.75) is 38.3 Å². The third-order valence-corrected chi connectivity index (χ3v) is 6.35. The number of aromatic nitrogens is 4. The Morgan fingerprint density at radius 1 is 1.06 bits per heavy atom. The monoisotopic (exact) mass is 432 g/mol. The van der Waals surface area contributed by atoms with Crippen molar-refractivity contribution in [3.63, 3.8) is 0 Å². The van der Waals surface area contributed by atoms with Crippen LogP contribution in [-0.2, 0) is 6.54 Å². The second-order valence-electron chi connectivity index (χ2n) is 8.35. The lowest BCUT2D eigenvalue weighted by Gasteiger charge is -2.26. The Labute approximate surface area is 187 Å². The van der Waals surface area contributed by atoms with Gasteiger partial charge in [-0.25, -0.2) is 9.97 Å². The number of benzene rings is 1. The molecule has 2 saturated heterocycles. The first-order valence-corrected chi connectivity index (χ1v) is 11.4. The van der Waals surface area contributed by atoms with E-state index in [9.17, 15) is 9.90 Å². The van der Waals surface area contributed by atoms with Crippen molar-refractivity contribution in [2.75, 3.05) is 31.1 Å². The lowest BCUT2D eigenvalue weighted by molar-refractivity contribution is 0.0729. The molecule has 1 N–H and O–H groups in total. The summed E-state index contributed by atoms with van der Waals surface area (Å²) in [5.41, 5.74) is 3.33. The zero-order chi connectivity index (χ0) is 21.9. The van der Waals surface area contributed by atoms with Crippen molar-refractivity contribution in [2.24, 2.45) is 0 Å². The molecule has 1 aromatic carbocycles. The zero-order valence-corrected chi connectivity index (χ0v) is 18.1. The van der Waals surface area contributed by atoms with Gasteiger partial charge in [0.15, 0.2) is 0 Å². The van der Waals surface area contributed by atoms with Gasteiger partial charge in [0.25, 0.3) is 5.91 Å². The second kappa shape index (κ2) is 9.08. The van der Waals surface area contributed by atoms with E-state index in [-0.39, 0.29) is 18.6 Å². The highest BCUT2D eigenvalue weighted by Gasteiger charge is 2.35. The summed E-state index contributed by atoms with van der Waals surface area (Å²) in [7, 11) is 0. The molecule has 5 rings (SSSR count). The highest BCUT2D eigenvalue weighted by molar-refractivity contribution is 5.94. The van der Waals surface area contributed by atoms with Gasteiger partial charge in [-0.1, -0.05) is 18.2 Å². The van der Waals surface area contributed by atoms with Crippen LogP contribution in [0.15, 0.2) is 48.8 Å². The molecule has 2 aliphatic heterocycles. The summed E-state index contributed by atoms with van der Waals surface area (Å²) in [6.45, 7) is 3.01. The highest BCUT2D eigenvalue weighted by atomic mass is 16.3. The van der Waals surface area contributed by atoms with Gasteiger partial charge in [-0.3, -0.25) is 9.48 Å². The van der Waals surface area contributed by atoms with Crippen LogP contribution in [0.25, 0.3) is 11.3 Å². The van der Waals surface area contributed by atoms with Crippen molar-refractivity contribution in [1.82, 2.24) is 24.6 Å². The molecular weight excluding hydrogens is 404 g/mol. The molecule has 8 nitrogen and oxygen atoms in total. The van der Waals surface area contributed by atoms with Crippen molar-refractivity contribution >= 4 is 11.9 Å². The predicted molar refractivity (Wildman–Crippen MR) is 121 cm³/mol. The molecule has 0 saturated carbocycles. The number of aliphatic hydroxyl groups is 1. The maximum atomic E-state index is 13.3. The van der Waals surface area contributed by atoms with Crippen LogP contribution in [0.2, 0.25) is 0 Å². The Balaban J connectivity index is 1.53. The number of aliphatic hydroxyl groups excluding tert-OH is 1. The molecule has 32 heavy (non-hydrogen) atoms. The number of nitrogens with zero attached hydrogens (tertiary/aromatic N) is 6. The van der Waals surface area contributed by atoms with E-state index in [4.69, 9.17) is 4.98 Å². The first-order chi connectivity index (χ1) is 15.8. The molecule has 2 aromatic heterocycles. The average Bonchev–Trinajstić information content (AvgIpc) is 3.60. The summed E-state index contributed by atoms with van der Waals surface area (Å²) in [4.78, 5) is 26.8. The Hall–Kier alpha value is -3.26. The van der Waals surface area contributed by atoms with Crippen molar-refractivity contribution in [3.8, 4) is 11.3 Å². The molecule has 8 heteroatoms. The Bertz CT molecular complexity index is 1080. The van der Waals surface area contributed by atoms with Gasteiger partial charge in [-0.15, -0.1) is 0 Å². The van der Waals surface area contributed by atoms with E-state index in [0.717, 1.165) is 61.7 Å². The zero-order valence-electron chi connectivity index (χ0n) is 18.1. The predicted octanol–water partition coefficient (Wildman–Crippen LogP) is 2.91. The molecule has 2 fully saturated rings. The minimum Gasteiger partial charge on any atom is -0.394 e. The molecule has 4 heterocycles. The molecule has 3 aromatic rings. The Kier molecular flexibility index (Phi) is 5.85. The number of amides is 1. The summed E-state index contributed by atoms with van der Waals surface area (Å²) in [6, 6.07) is 11.2. The third kappa shape index (κ3) is 3.86. The molecule has 166 valence electrons. The van der Waals surface area contributed by atoms with Crippen LogP contribution in [-0.4, -0.2) is 61.9 Å². The number of likely N-dealkylation sites (tertiary alicyclic amines) is 1. The SMILES string of the molecule is O=C(c1ccccc1)N1CCC[C@H]1c1c(-c2ccnc(N3CCCC3)n2)cnn1CCO. The number of anilines is 1. The number of carbonyl (C=O) groups is 1. The van der Waals surface area contributed by atoms with Crippen LogP contribution in [0.3, 0.4) is 0 Å². The molecule has 0 radical (unpaired) electrons. The lowest BCUT2D eigenvalue weighted by Crippen LogP contribution is -2.32. The molecule has 0 unspecified atom stereocenters. The summed E-state index contributed by atoms with van der Waals surface area (Å²) in [5, 5.41) is 14.2. The molecule has 0 spiro atoms. The third-order valence-electron chi connectivity index (χ3n) is 6.35. The van der Waals surface area contributed by atoms with Gasteiger partial charge in [0.1, 0.15) is 0 Å². The summed E-state index contributed by atoms with van der Waals surface area (Å²) < 4.78 is 1.83. The fourth-order valence-electron chi connectivity index (χ4n) is 4.83. The molecule has 0 aliphatic carbocycles. The van der Waals surface area contributed by atoms with Crippen LogP contribution < -0.4 is 4.90 Å². The number of hydrogen-bond donors (Lipinski definition) is 1. The first kappa shape index (κ1) is 20.6.